The summed E-state index contributed by atoms with van der Waals surface area (Å²) < 4.78 is 7.05. The van der Waals surface area contributed by atoms with Gasteiger partial charge >= 0.3 is 0 Å². The molecule has 0 aliphatic carbocycles. The van der Waals surface area contributed by atoms with Crippen LogP contribution in [0.25, 0.3) is 10.7 Å². The van der Waals surface area contributed by atoms with Crippen LogP contribution in [0.5, 0.6) is 0 Å². The molecule has 0 saturated heterocycles. The van der Waals surface area contributed by atoms with Crippen LogP contribution in [0.4, 0.5) is 5.82 Å². The van der Waals surface area contributed by atoms with Crippen molar-refractivity contribution >= 4 is 49.0 Å². The maximum Gasteiger partial charge on any atom is 0.173 e. The van der Waals surface area contributed by atoms with Crippen molar-refractivity contribution in [1.82, 2.24) is 9.97 Å². The third-order valence-electron chi connectivity index (χ3n) is 2.37. The number of aromatic nitrogens is 2. The van der Waals surface area contributed by atoms with E-state index in [-0.39, 0.29) is 0 Å². The molecule has 2 aromatic heterocycles. The summed E-state index contributed by atoms with van der Waals surface area (Å²) in [6.07, 6.45) is 0. The molecule has 102 valence electrons. The van der Waals surface area contributed by atoms with E-state index in [0.29, 0.717) is 12.4 Å². The summed E-state index contributed by atoms with van der Waals surface area (Å²) >= 11 is 8.65. The second kappa shape index (κ2) is 6.78. The molecular weight excluding hydrogens is 394 g/mol. The summed E-state index contributed by atoms with van der Waals surface area (Å²) in [5.74, 6) is 1.49. The average Bonchev–Trinajstić information content (AvgIpc) is 2.81. The number of methoxy groups -OCH3 is 1. The molecule has 0 aromatic carbocycles. The average molecular weight is 407 g/mol. The minimum atomic E-state index is 0.442. The zero-order chi connectivity index (χ0) is 13.8. The lowest BCUT2D eigenvalue weighted by Gasteiger charge is -2.11. The van der Waals surface area contributed by atoms with Crippen LogP contribution in [0.15, 0.2) is 20.4 Å². The predicted molar refractivity (Wildman–Crippen MR) is 85.6 cm³/mol. The quantitative estimate of drug-likeness (QED) is 0.803. The highest BCUT2D eigenvalue weighted by Gasteiger charge is 2.15. The molecule has 19 heavy (non-hydrogen) atoms. The predicted octanol–water partition coefficient (Wildman–Crippen LogP) is 4.31. The van der Waals surface area contributed by atoms with Crippen molar-refractivity contribution in [2.24, 2.45) is 0 Å². The highest BCUT2D eigenvalue weighted by Crippen LogP contribution is 2.34. The smallest absolute Gasteiger partial charge is 0.173 e. The van der Waals surface area contributed by atoms with Gasteiger partial charge in [0.15, 0.2) is 5.82 Å². The minimum Gasteiger partial charge on any atom is -0.378 e. The number of rotatable bonds is 5. The fraction of sp³-hybridized carbons (Fsp3) is 0.333. The molecule has 7 heteroatoms. The number of thiophene rings is 1. The van der Waals surface area contributed by atoms with Gasteiger partial charge in [0.1, 0.15) is 5.82 Å². The molecule has 2 rings (SSSR count). The number of anilines is 1. The highest BCUT2D eigenvalue weighted by atomic mass is 79.9. The summed E-state index contributed by atoms with van der Waals surface area (Å²) in [5.41, 5.74) is 0.837. The Kier molecular flexibility index (Phi) is 5.32. The first-order chi connectivity index (χ1) is 9.17. The summed E-state index contributed by atoms with van der Waals surface area (Å²) in [7, 11) is 1.65. The van der Waals surface area contributed by atoms with Crippen LogP contribution in [0.2, 0.25) is 0 Å². The first-order valence-electron chi connectivity index (χ1n) is 5.70. The molecule has 0 aliphatic heterocycles. The fourth-order valence-electron chi connectivity index (χ4n) is 1.57. The number of hydrogen-bond acceptors (Lipinski definition) is 5. The third-order valence-corrected chi connectivity index (χ3v) is 5.03. The van der Waals surface area contributed by atoms with E-state index in [1.54, 1.807) is 18.4 Å². The van der Waals surface area contributed by atoms with Crippen molar-refractivity contribution in [3.05, 3.63) is 26.1 Å². The van der Waals surface area contributed by atoms with Gasteiger partial charge in [-0.25, -0.2) is 9.97 Å². The molecule has 4 nitrogen and oxygen atoms in total. The Labute approximate surface area is 132 Å². The van der Waals surface area contributed by atoms with Crippen LogP contribution in [0.3, 0.4) is 0 Å². The second-order valence-electron chi connectivity index (χ2n) is 3.72. The largest absolute Gasteiger partial charge is 0.378 e. The van der Waals surface area contributed by atoms with E-state index in [9.17, 15) is 0 Å². The number of nitrogens with zero attached hydrogens (tertiary/aromatic N) is 2. The van der Waals surface area contributed by atoms with E-state index in [1.807, 2.05) is 18.4 Å². The Bertz CT molecular complexity index is 547. The van der Waals surface area contributed by atoms with Gasteiger partial charge in [-0.1, -0.05) is 0 Å². The molecule has 0 radical (unpaired) electrons. The molecule has 2 heterocycles. The van der Waals surface area contributed by atoms with Gasteiger partial charge in [-0.15, -0.1) is 11.3 Å². The van der Waals surface area contributed by atoms with Crippen LogP contribution < -0.4 is 5.32 Å². The number of nitrogens with one attached hydrogen (secondary N) is 1. The van der Waals surface area contributed by atoms with Crippen LogP contribution in [0.1, 0.15) is 12.6 Å². The topological polar surface area (TPSA) is 47.0 Å². The first kappa shape index (κ1) is 14.9. The monoisotopic (exact) mass is 405 g/mol. The molecule has 2 aromatic rings. The van der Waals surface area contributed by atoms with Gasteiger partial charge in [0.2, 0.25) is 0 Å². The Morgan fingerprint density at radius 1 is 1.37 bits per heavy atom. The lowest BCUT2D eigenvalue weighted by molar-refractivity contribution is 0.181. The van der Waals surface area contributed by atoms with Gasteiger partial charge < -0.3 is 10.1 Å². The molecule has 0 atom stereocenters. The molecule has 0 unspecified atom stereocenters. The van der Waals surface area contributed by atoms with E-state index in [1.165, 1.54) is 0 Å². The molecule has 0 aliphatic rings. The maximum atomic E-state index is 5.19. The minimum absolute atomic E-state index is 0.442. The van der Waals surface area contributed by atoms with Crippen molar-refractivity contribution in [2.75, 3.05) is 19.0 Å². The lowest BCUT2D eigenvalue weighted by Crippen LogP contribution is -2.06. The zero-order valence-electron chi connectivity index (χ0n) is 10.5. The Hall–Kier alpha value is -0.500. The summed E-state index contributed by atoms with van der Waals surface area (Å²) in [5, 5.41) is 5.24. The summed E-state index contributed by atoms with van der Waals surface area (Å²) in [4.78, 5) is 10.1. The van der Waals surface area contributed by atoms with Gasteiger partial charge in [-0.2, -0.15) is 0 Å². The van der Waals surface area contributed by atoms with Crippen molar-refractivity contribution in [2.45, 2.75) is 13.5 Å². The van der Waals surface area contributed by atoms with Gasteiger partial charge in [0.05, 0.1) is 21.7 Å². The summed E-state index contributed by atoms with van der Waals surface area (Å²) in [6.45, 7) is 3.27. The molecule has 0 spiro atoms. The van der Waals surface area contributed by atoms with Gasteiger partial charge in [0, 0.05) is 18.1 Å². The van der Waals surface area contributed by atoms with E-state index in [0.717, 1.165) is 31.9 Å². The zero-order valence-corrected chi connectivity index (χ0v) is 14.5. The van der Waals surface area contributed by atoms with Crippen LogP contribution >= 0.6 is 43.2 Å². The first-order valence-corrected chi connectivity index (χ1v) is 8.16. The van der Waals surface area contributed by atoms with E-state index in [2.05, 4.69) is 47.1 Å². The Morgan fingerprint density at radius 2 is 2.16 bits per heavy atom. The maximum absolute atomic E-state index is 5.19. The van der Waals surface area contributed by atoms with Crippen molar-refractivity contribution in [3.63, 3.8) is 0 Å². The van der Waals surface area contributed by atoms with E-state index < -0.39 is 0 Å². The van der Waals surface area contributed by atoms with Crippen molar-refractivity contribution < 1.29 is 4.74 Å². The fourth-order valence-corrected chi connectivity index (χ4v) is 3.48. The van der Waals surface area contributed by atoms with Crippen molar-refractivity contribution in [1.29, 1.82) is 0 Å². The molecule has 0 bridgehead atoms. The third kappa shape index (κ3) is 3.34. The van der Waals surface area contributed by atoms with Crippen LogP contribution in [-0.4, -0.2) is 23.6 Å². The number of halogens is 2. The highest BCUT2D eigenvalue weighted by molar-refractivity contribution is 9.11. The van der Waals surface area contributed by atoms with Gasteiger partial charge in [0.25, 0.3) is 0 Å². The van der Waals surface area contributed by atoms with Crippen LogP contribution in [0, 0.1) is 0 Å². The molecule has 0 saturated carbocycles. The van der Waals surface area contributed by atoms with Crippen molar-refractivity contribution in [3.8, 4) is 10.7 Å². The Morgan fingerprint density at radius 3 is 2.74 bits per heavy atom. The normalized spacial score (nSPS) is 10.7. The number of hydrogen-bond donors (Lipinski definition) is 1. The SMILES string of the molecule is CCNc1nc(-c2sccc2Br)nc(COC)c1Br. The standard InChI is InChI=1S/C12H13Br2N3OS/c1-3-15-11-9(14)8(6-18-2)16-12(17-11)10-7(13)4-5-19-10/h4-5H,3,6H2,1-2H3,(H,15,16,17). The second-order valence-corrected chi connectivity index (χ2v) is 6.28. The Balaban J connectivity index is 2.52. The molecule has 0 fully saturated rings. The number of ether oxygens (including phenoxy) is 1. The van der Waals surface area contributed by atoms with E-state index in [4.69, 9.17) is 4.74 Å². The summed E-state index contributed by atoms with van der Waals surface area (Å²) in [6, 6.07) is 1.99. The molecule has 0 amide bonds. The lowest BCUT2D eigenvalue weighted by atomic mass is 10.3. The molecule has 1 N–H and O–H groups in total. The van der Waals surface area contributed by atoms with Gasteiger partial charge in [-0.3, -0.25) is 0 Å². The molecular formula is C12H13Br2N3OS. The van der Waals surface area contributed by atoms with E-state index >= 15 is 0 Å². The van der Waals surface area contributed by atoms with Gasteiger partial charge in [-0.05, 0) is 50.2 Å². The van der Waals surface area contributed by atoms with Crippen LogP contribution in [-0.2, 0) is 11.3 Å².